The van der Waals surface area contributed by atoms with E-state index in [9.17, 15) is 10.5 Å². The van der Waals surface area contributed by atoms with E-state index in [-0.39, 0.29) is 11.3 Å². The van der Waals surface area contributed by atoms with Gasteiger partial charge in [-0.1, -0.05) is 86.2 Å². The third-order valence-electron chi connectivity index (χ3n) is 9.62. The van der Waals surface area contributed by atoms with E-state index in [0.29, 0.717) is 11.1 Å². The molecule has 8 rings (SSSR count). The monoisotopic (exact) mass is 566 g/mol. The number of aromatic nitrogens is 2. The second-order valence-corrected chi connectivity index (χ2v) is 12.4. The average molecular weight is 567 g/mol. The van der Waals surface area contributed by atoms with Gasteiger partial charge in [-0.15, -0.1) is 0 Å². The molecule has 44 heavy (non-hydrogen) atoms. The molecule has 0 fully saturated rings. The number of hydrogen-bond donors (Lipinski definition) is 0. The lowest BCUT2D eigenvalue weighted by Crippen LogP contribution is -2.26. The van der Waals surface area contributed by atoms with Gasteiger partial charge in [-0.25, -0.2) is 0 Å². The largest absolute Gasteiger partial charge is 0.313 e. The number of allylic oxidation sites excluding steroid dienone is 2. The molecule has 0 saturated heterocycles. The average Bonchev–Trinajstić information content (AvgIpc) is 3.58. The van der Waals surface area contributed by atoms with E-state index in [2.05, 4.69) is 132 Å². The van der Waals surface area contributed by atoms with Crippen molar-refractivity contribution in [3.05, 3.63) is 142 Å². The fourth-order valence-corrected chi connectivity index (χ4v) is 7.58. The van der Waals surface area contributed by atoms with E-state index in [0.717, 1.165) is 24.0 Å². The summed E-state index contributed by atoms with van der Waals surface area (Å²) >= 11 is 0. The van der Waals surface area contributed by atoms with E-state index in [1.54, 1.807) is 6.07 Å². The quantitative estimate of drug-likeness (QED) is 0.214. The summed E-state index contributed by atoms with van der Waals surface area (Å²) in [6, 6.07) is 37.9. The molecule has 2 aliphatic rings. The van der Waals surface area contributed by atoms with Crippen LogP contribution in [0.5, 0.6) is 0 Å². The number of fused-ring (bicyclic) bond motifs is 6. The number of hydrogen-bond acceptors (Lipinski definition) is 2. The lowest BCUT2D eigenvalue weighted by molar-refractivity contribution is 0.473. The van der Waals surface area contributed by atoms with Gasteiger partial charge in [0.15, 0.2) is 0 Å². The summed E-state index contributed by atoms with van der Waals surface area (Å²) in [5.41, 5.74) is 11.8. The third-order valence-corrected chi connectivity index (χ3v) is 9.62. The van der Waals surface area contributed by atoms with E-state index < -0.39 is 0 Å². The summed E-state index contributed by atoms with van der Waals surface area (Å²) in [6.07, 6.45) is 9.06. The summed E-state index contributed by atoms with van der Waals surface area (Å²) < 4.78 is 4.67. The van der Waals surface area contributed by atoms with Crippen LogP contribution in [0.3, 0.4) is 0 Å². The fourth-order valence-electron chi connectivity index (χ4n) is 7.58. The van der Waals surface area contributed by atoms with Gasteiger partial charge in [-0.3, -0.25) is 0 Å². The Hall–Kier alpha value is -5.58. The zero-order chi connectivity index (χ0) is 30.0. The Kier molecular flexibility index (Phi) is 5.77. The summed E-state index contributed by atoms with van der Waals surface area (Å²) in [5, 5.41) is 21.9. The Balaban J connectivity index is 1.30. The molecule has 2 aliphatic carbocycles. The Labute approximate surface area is 257 Å². The van der Waals surface area contributed by atoms with Gasteiger partial charge in [0.05, 0.1) is 34.3 Å². The highest BCUT2D eigenvalue weighted by Crippen LogP contribution is 2.50. The lowest BCUT2D eigenvalue weighted by atomic mass is 9.68. The highest BCUT2D eigenvalue weighted by Gasteiger charge is 2.37. The summed E-state index contributed by atoms with van der Waals surface area (Å²) in [5.74, 6) is 0.242. The van der Waals surface area contributed by atoms with Crippen LogP contribution >= 0.6 is 0 Å². The van der Waals surface area contributed by atoms with Crippen molar-refractivity contribution in [2.24, 2.45) is 5.41 Å². The molecule has 4 heteroatoms. The topological polar surface area (TPSA) is 57.4 Å². The molecule has 6 aromatic rings. The zero-order valence-corrected chi connectivity index (χ0v) is 24.8. The molecule has 0 saturated carbocycles. The molecule has 0 amide bonds. The van der Waals surface area contributed by atoms with Crippen molar-refractivity contribution in [1.82, 2.24) is 9.13 Å². The van der Waals surface area contributed by atoms with E-state index in [4.69, 9.17) is 0 Å². The van der Waals surface area contributed by atoms with E-state index in [1.807, 2.05) is 12.1 Å². The van der Waals surface area contributed by atoms with Gasteiger partial charge in [-0.2, -0.15) is 10.5 Å². The minimum absolute atomic E-state index is 0.136. The molecule has 4 aromatic carbocycles. The molecule has 2 aromatic heterocycles. The van der Waals surface area contributed by atoms with Crippen molar-refractivity contribution in [3.63, 3.8) is 0 Å². The van der Waals surface area contributed by atoms with Gasteiger partial charge in [0.25, 0.3) is 0 Å². The van der Waals surface area contributed by atoms with Crippen molar-refractivity contribution >= 4 is 34.0 Å². The van der Waals surface area contributed by atoms with E-state index >= 15 is 0 Å². The first-order valence-electron chi connectivity index (χ1n) is 15.2. The van der Waals surface area contributed by atoms with Crippen LogP contribution in [0.1, 0.15) is 59.8 Å². The molecule has 4 nitrogen and oxygen atoms in total. The Morgan fingerprint density at radius 1 is 0.750 bits per heavy atom. The normalized spacial score (nSPS) is 18.8. The van der Waals surface area contributed by atoms with Crippen LogP contribution in [0.2, 0.25) is 0 Å². The molecule has 0 bridgehead atoms. The number of benzene rings is 4. The van der Waals surface area contributed by atoms with Crippen LogP contribution in [0.4, 0.5) is 0 Å². The Bertz CT molecular complexity index is 2250. The highest BCUT2D eigenvalue weighted by molar-refractivity contribution is 5.95. The number of nitrogens with zero attached hydrogens (tertiary/aromatic N) is 4. The summed E-state index contributed by atoms with van der Waals surface area (Å²) in [4.78, 5) is 0. The van der Waals surface area contributed by atoms with Crippen molar-refractivity contribution in [2.45, 2.75) is 32.6 Å². The first-order valence-corrected chi connectivity index (χ1v) is 15.2. The van der Waals surface area contributed by atoms with Gasteiger partial charge in [0, 0.05) is 50.4 Å². The van der Waals surface area contributed by atoms with Gasteiger partial charge in [0.1, 0.15) is 0 Å². The van der Waals surface area contributed by atoms with Crippen LogP contribution in [-0.4, -0.2) is 9.13 Å². The first kappa shape index (κ1) is 26.1. The lowest BCUT2D eigenvalue weighted by Gasteiger charge is -2.36. The molecule has 2 atom stereocenters. The van der Waals surface area contributed by atoms with E-state index in [1.165, 1.54) is 50.1 Å². The second kappa shape index (κ2) is 9.73. The number of nitriles is 2. The maximum Gasteiger partial charge on any atom is 0.0992 e. The first-order chi connectivity index (χ1) is 21.5. The van der Waals surface area contributed by atoms with Crippen LogP contribution < -0.4 is 0 Å². The molecular formula is C40H30N4. The summed E-state index contributed by atoms with van der Waals surface area (Å²) in [6.45, 7) is 4.70. The van der Waals surface area contributed by atoms with Crippen molar-refractivity contribution < 1.29 is 0 Å². The smallest absolute Gasteiger partial charge is 0.0992 e. The van der Waals surface area contributed by atoms with Crippen molar-refractivity contribution in [2.75, 3.05) is 0 Å². The standard InChI is InChI=1S/C40H30N4/c1-26-18-29(22-34-32-12-6-9-15-37(32)44(39(26)34)31-20-27(24-41)19-28(21-31)25-42)40(2)17-16-38-35(23-40)33-13-7-8-14-36(33)43(38)30-10-4-3-5-11-30/h3-17,19-22,26H,18,23H2,1-2H3. The van der Waals surface area contributed by atoms with Crippen LogP contribution in [0.15, 0.2) is 109 Å². The number of rotatable bonds is 3. The molecule has 0 aliphatic heterocycles. The second-order valence-electron chi connectivity index (χ2n) is 12.4. The maximum absolute atomic E-state index is 9.71. The van der Waals surface area contributed by atoms with Gasteiger partial charge in [-0.05, 0) is 66.9 Å². The molecule has 0 spiro atoms. The van der Waals surface area contributed by atoms with Crippen molar-refractivity contribution in [1.29, 1.82) is 10.5 Å². The molecule has 0 radical (unpaired) electrons. The molecule has 2 unspecified atom stereocenters. The molecule has 210 valence electrons. The minimum Gasteiger partial charge on any atom is -0.313 e. The maximum atomic E-state index is 9.71. The molecule has 2 heterocycles. The van der Waals surface area contributed by atoms with Crippen LogP contribution in [-0.2, 0) is 6.42 Å². The van der Waals surface area contributed by atoms with Crippen LogP contribution in [0.25, 0.3) is 45.3 Å². The Morgan fingerprint density at radius 2 is 1.39 bits per heavy atom. The molecule has 0 N–H and O–H groups in total. The van der Waals surface area contributed by atoms with Gasteiger partial charge in [0.2, 0.25) is 0 Å². The molecular weight excluding hydrogens is 536 g/mol. The SMILES string of the molecule is CC1CC(C2(C)C=Cc3c(c4ccccc4n3-c3ccccc3)C2)=Cc2c1n(-c1cc(C#N)cc(C#N)c1)c1ccccc21. The Morgan fingerprint density at radius 3 is 2.09 bits per heavy atom. The third kappa shape index (κ3) is 3.82. The highest BCUT2D eigenvalue weighted by atomic mass is 15.0. The zero-order valence-electron chi connectivity index (χ0n) is 24.8. The van der Waals surface area contributed by atoms with Crippen LogP contribution in [0, 0.1) is 28.1 Å². The fraction of sp³-hybridized carbons (Fsp3) is 0.150. The van der Waals surface area contributed by atoms with Gasteiger partial charge >= 0.3 is 0 Å². The van der Waals surface area contributed by atoms with Crippen molar-refractivity contribution in [3.8, 4) is 23.5 Å². The number of para-hydroxylation sites is 3. The van der Waals surface area contributed by atoms with Gasteiger partial charge < -0.3 is 9.13 Å². The summed E-state index contributed by atoms with van der Waals surface area (Å²) in [7, 11) is 0. The predicted molar refractivity (Wildman–Crippen MR) is 178 cm³/mol. The predicted octanol–water partition coefficient (Wildman–Crippen LogP) is 9.48. The minimum atomic E-state index is -0.136.